The van der Waals surface area contributed by atoms with E-state index < -0.39 is 0 Å². The zero-order valence-corrected chi connectivity index (χ0v) is 5.40. The van der Waals surface area contributed by atoms with Crippen LogP contribution in [0, 0.1) is 0 Å². The molecule has 1 saturated heterocycles. The van der Waals surface area contributed by atoms with Crippen molar-refractivity contribution in [1.82, 2.24) is 21.3 Å². The summed E-state index contributed by atoms with van der Waals surface area (Å²) < 4.78 is 0. The minimum absolute atomic E-state index is 0.322. The Morgan fingerprint density at radius 2 is 2.44 bits per heavy atom. The lowest BCUT2D eigenvalue weighted by Gasteiger charge is -2.15. The molecule has 0 radical (unpaired) electrons. The van der Waals surface area contributed by atoms with Crippen LogP contribution in [0.4, 0.5) is 0 Å². The van der Waals surface area contributed by atoms with Gasteiger partial charge in [0, 0.05) is 0 Å². The van der Waals surface area contributed by atoms with Crippen LogP contribution in [0.5, 0.6) is 0 Å². The van der Waals surface area contributed by atoms with Crippen LogP contribution in [0.25, 0.3) is 0 Å². The Bertz CT molecular complexity index is 124. The summed E-state index contributed by atoms with van der Waals surface area (Å²) in [4.78, 5) is 0. The second-order valence-electron chi connectivity index (χ2n) is 1.55. The van der Waals surface area contributed by atoms with Crippen LogP contribution in [-0.2, 0) is 0 Å². The van der Waals surface area contributed by atoms with Crippen LogP contribution in [0.1, 0.15) is 0 Å². The fraction of sp³-hybridized carbons (Fsp3) is 0.500. The van der Waals surface area contributed by atoms with Gasteiger partial charge in [-0.25, -0.2) is 11.3 Å². The normalized spacial score (nSPS) is 26.7. The lowest BCUT2D eigenvalue weighted by molar-refractivity contribution is 0.266. The van der Waals surface area contributed by atoms with Crippen LogP contribution in [0.3, 0.4) is 0 Å². The molecule has 1 aliphatic heterocycles. The Morgan fingerprint density at radius 3 is 2.67 bits per heavy atom. The number of nitrogens with zero attached hydrogens (tertiary/aromatic N) is 1. The molecule has 0 amide bonds. The molecule has 7 heteroatoms. The van der Waals surface area contributed by atoms with E-state index in [0.717, 1.165) is 0 Å². The third-order valence-corrected chi connectivity index (χ3v) is 1.30. The van der Waals surface area contributed by atoms with E-state index in [1.807, 2.05) is 0 Å². The molecule has 1 atom stereocenters. The molecule has 1 aliphatic rings. The molecule has 6 nitrogen and oxygen atoms in total. The first-order valence-corrected chi connectivity index (χ1v) is 2.72. The van der Waals surface area contributed by atoms with E-state index in [0.29, 0.717) is 5.11 Å². The van der Waals surface area contributed by atoms with Gasteiger partial charge in [0.05, 0.1) is 0 Å². The molecule has 1 fully saturated rings. The molecule has 0 aromatic rings. The van der Waals surface area contributed by atoms with Crippen LogP contribution in [0.2, 0.25) is 0 Å². The number of nitrogens with two attached hydrogens (primary N) is 2. The SMILES string of the molecule is NN[C@@H]1NNC(=S)N1N. The van der Waals surface area contributed by atoms with E-state index in [1.165, 1.54) is 5.01 Å². The lowest BCUT2D eigenvalue weighted by Crippen LogP contribution is -2.54. The first kappa shape index (κ1) is 6.65. The molecule has 7 N–H and O–H groups in total. The van der Waals surface area contributed by atoms with Gasteiger partial charge >= 0.3 is 0 Å². The van der Waals surface area contributed by atoms with Gasteiger partial charge in [0.1, 0.15) is 0 Å². The third kappa shape index (κ3) is 1.09. The molecular weight excluding hydrogens is 140 g/mol. The maximum atomic E-state index is 5.36. The Balaban J connectivity index is 2.51. The topological polar surface area (TPSA) is 91.4 Å². The van der Waals surface area contributed by atoms with Crippen LogP contribution in [0.15, 0.2) is 0 Å². The van der Waals surface area contributed by atoms with E-state index in [2.05, 4.69) is 16.3 Å². The highest BCUT2D eigenvalue weighted by Crippen LogP contribution is 1.89. The molecule has 0 saturated carbocycles. The van der Waals surface area contributed by atoms with Gasteiger partial charge in [0.25, 0.3) is 0 Å². The minimum Gasteiger partial charge on any atom is -0.294 e. The molecule has 9 heavy (non-hydrogen) atoms. The average molecular weight is 148 g/mol. The number of rotatable bonds is 1. The Hall–Kier alpha value is -0.470. The predicted octanol–water partition coefficient (Wildman–Crippen LogP) is -2.70. The van der Waals surface area contributed by atoms with Crippen molar-refractivity contribution in [2.45, 2.75) is 6.29 Å². The van der Waals surface area contributed by atoms with E-state index in [-0.39, 0.29) is 6.29 Å². The Morgan fingerprint density at radius 1 is 1.78 bits per heavy atom. The van der Waals surface area contributed by atoms with Crippen molar-refractivity contribution >= 4 is 17.3 Å². The maximum absolute atomic E-state index is 5.36. The van der Waals surface area contributed by atoms with Gasteiger partial charge in [-0.2, -0.15) is 5.43 Å². The van der Waals surface area contributed by atoms with E-state index in [4.69, 9.17) is 23.9 Å². The van der Waals surface area contributed by atoms with Crippen LogP contribution >= 0.6 is 12.2 Å². The fourth-order valence-corrected chi connectivity index (χ4v) is 0.668. The van der Waals surface area contributed by atoms with Crippen molar-refractivity contribution in [3.05, 3.63) is 0 Å². The minimum atomic E-state index is -0.322. The monoisotopic (exact) mass is 148 g/mol. The summed E-state index contributed by atoms with van der Waals surface area (Å²) in [6, 6.07) is 0. The van der Waals surface area contributed by atoms with Gasteiger partial charge in [0.2, 0.25) is 5.11 Å². The van der Waals surface area contributed by atoms with Crippen molar-refractivity contribution < 1.29 is 0 Å². The Kier molecular flexibility index (Phi) is 1.78. The molecule has 0 aromatic carbocycles. The first-order valence-electron chi connectivity index (χ1n) is 2.31. The van der Waals surface area contributed by atoms with Gasteiger partial charge in [-0.15, -0.1) is 0 Å². The first-order chi connectivity index (χ1) is 4.25. The summed E-state index contributed by atoms with van der Waals surface area (Å²) in [5.41, 5.74) is 7.67. The highest BCUT2D eigenvalue weighted by molar-refractivity contribution is 7.80. The zero-order valence-electron chi connectivity index (χ0n) is 4.59. The van der Waals surface area contributed by atoms with Gasteiger partial charge in [-0.1, -0.05) is 0 Å². The van der Waals surface area contributed by atoms with Gasteiger partial charge in [-0.3, -0.25) is 16.3 Å². The number of hydrazine groups is 3. The van der Waals surface area contributed by atoms with Crippen molar-refractivity contribution in [2.24, 2.45) is 11.7 Å². The van der Waals surface area contributed by atoms with Gasteiger partial charge in [0.15, 0.2) is 6.29 Å². The summed E-state index contributed by atoms with van der Waals surface area (Å²) in [7, 11) is 0. The molecule has 0 bridgehead atoms. The quantitative estimate of drug-likeness (QED) is 0.157. The summed E-state index contributed by atoms with van der Waals surface area (Å²) in [5, 5.41) is 1.69. The number of nitrogens with one attached hydrogen (secondary N) is 3. The van der Waals surface area contributed by atoms with Crippen molar-refractivity contribution in [2.75, 3.05) is 0 Å². The second kappa shape index (κ2) is 2.42. The molecule has 1 heterocycles. The number of hydrogen-bond donors (Lipinski definition) is 5. The van der Waals surface area contributed by atoms with E-state index in [9.17, 15) is 0 Å². The molecule has 0 spiro atoms. The van der Waals surface area contributed by atoms with Gasteiger partial charge < -0.3 is 0 Å². The average Bonchev–Trinajstić information content (AvgIpc) is 2.15. The Labute approximate surface area is 57.5 Å². The van der Waals surface area contributed by atoms with E-state index >= 15 is 0 Å². The summed E-state index contributed by atoms with van der Waals surface area (Å²) in [6.07, 6.45) is -0.322. The van der Waals surface area contributed by atoms with E-state index in [1.54, 1.807) is 0 Å². The van der Waals surface area contributed by atoms with Crippen LogP contribution < -0.4 is 28.0 Å². The smallest absolute Gasteiger partial charge is 0.200 e. The van der Waals surface area contributed by atoms with Crippen molar-refractivity contribution in [3.8, 4) is 0 Å². The van der Waals surface area contributed by atoms with Crippen LogP contribution in [-0.4, -0.2) is 16.4 Å². The highest BCUT2D eigenvalue weighted by atomic mass is 32.1. The van der Waals surface area contributed by atoms with Crippen molar-refractivity contribution in [3.63, 3.8) is 0 Å². The molecule has 0 unspecified atom stereocenters. The largest absolute Gasteiger partial charge is 0.294 e. The number of thiocarbonyl (C=S) groups is 1. The standard InChI is InChI=1S/C2H8N6S/c3-5-1-6-7-2(9)8(1)4/h1,5-6H,3-4H2,(H,7,9)/t1-/m1/s1. The molecule has 1 rings (SSSR count). The summed E-state index contributed by atoms with van der Waals surface area (Å²) >= 11 is 4.72. The third-order valence-electron chi connectivity index (χ3n) is 0.986. The maximum Gasteiger partial charge on any atom is 0.200 e. The molecule has 52 valence electrons. The summed E-state index contributed by atoms with van der Waals surface area (Å²) in [6.45, 7) is 0. The molecule has 0 aromatic heterocycles. The second-order valence-corrected chi connectivity index (χ2v) is 1.94. The predicted molar refractivity (Wildman–Crippen MR) is 36.0 cm³/mol. The summed E-state index contributed by atoms with van der Waals surface area (Å²) in [5.74, 6) is 10.4. The van der Waals surface area contributed by atoms with Crippen molar-refractivity contribution in [1.29, 1.82) is 0 Å². The molecular formula is C2H8N6S. The lowest BCUT2D eigenvalue weighted by atomic mass is 10.8. The van der Waals surface area contributed by atoms with Gasteiger partial charge in [-0.05, 0) is 12.2 Å². The molecule has 0 aliphatic carbocycles. The number of hydrogen-bond acceptors (Lipinski definition) is 5. The highest BCUT2D eigenvalue weighted by Gasteiger charge is 2.22. The zero-order chi connectivity index (χ0) is 6.85. The fourth-order valence-electron chi connectivity index (χ4n) is 0.503.